The van der Waals surface area contributed by atoms with Crippen molar-refractivity contribution in [2.45, 2.75) is 25.7 Å². The largest absolute Gasteiger partial charge is 0.108 e. The third-order valence-corrected chi connectivity index (χ3v) is 6.70. The highest BCUT2D eigenvalue weighted by atomic mass is 14.5. The van der Waals surface area contributed by atoms with Crippen LogP contribution in [0.3, 0.4) is 0 Å². The summed E-state index contributed by atoms with van der Waals surface area (Å²) >= 11 is 0. The molecule has 164 valence electrons. The van der Waals surface area contributed by atoms with Crippen LogP contribution in [0.5, 0.6) is 0 Å². The standard InChI is InChI=1S/C34H28/c1-3-29(27-18-10-6-11-19-27)33-30(4-2)31-22-14-15-23-32(31)34(33,28-20-12-7-13-21-28)25-24-26-16-8-5-9-17-26/h3,5-23H,4H2,1-2H3/b29-3+. The van der Waals surface area contributed by atoms with Crippen molar-refractivity contribution >= 4 is 11.1 Å². The molecule has 1 unspecified atom stereocenters. The van der Waals surface area contributed by atoms with Gasteiger partial charge < -0.3 is 0 Å². The zero-order valence-electron chi connectivity index (χ0n) is 19.8. The highest BCUT2D eigenvalue weighted by Crippen LogP contribution is 2.55. The molecule has 0 heteroatoms. The summed E-state index contributed by atoms with van der Waals surface area (Å²) in [5, 5.41) is 0. The van der Waals surface area contributed by atoms with E-state index in [9.17, 15) is 0 Å². The fraction of sp³-hybridized carbons (Fsp3) is 0.118. The monoisotopic (exact) mass is 436 g/mol. The molecule has 0 fully saturated rings. The number of benzene rings is 4. The molecule has 1 atom stereocenters. The Kier molecular flexibility index (Phi) is 6.03. The molecule has 0 N–H and O–H groups in total. The number of rotatable bonds is 4. The number of allylic oxidation sites excluding steroid dienone is 4. The molecule has 4 aromatic carbocycles. The molecule has 34 heavy (non-hydrogen) atoms. The van der Waals surface area contributed by atoms with E-state index in [1.807, 2.05) is 6.07 Å². The van der Waals surface area contributed by atoms with Gasteiger partial charge in [0.1, 0.15) is 5.41 Å². The number of hydrogen-bond acceptors (Lipinski definition) is 0. The van der Waals surface area contributed by atoms with E-state index >= 15 is 0 Å². The summed E-state index contributed by atoms with van der Waals surface area (Å²) in [7, 11) is 0. The van der Waals surface area contributed by atoms with Crippen LogP contribution < -0.4 is 0 Å². The van der Waals surface area contributed by atoms with E-state index in [0.717, 1.165) is 12.0 Å². The first kappa shape index (κ1) is 21.7. The van der Waals surface area contributed by atoms with Crippen LogP contribution in [-0.2, 0) is 5.41 Å². The lowest BCUT2D eigenvalue weighted by atomic mass is 9.68. The minimum atomic E-state index is -0.559. The van der Waals surface area contributed by atoms with Crippen LogP contribution in [0.15, 0.2) is 127 Å². The van der Waals surface area contributed by atoms with Gasteiger partial charge in [0.2, 0.25) is 0 Å². The second kappa shape index (κ2) is 9.42. The summed E-state index contributed by atoms with van der Waals surface area (Å²) in [4.78, 5) is 0. The topological polar surface area (TPSA) is 0 Å². The quantitative estimate of drug-likeness (QED) is 0.282. The molecule has 0 spiro atoms. The molecular weight excluding hydrogens is 408 g/mol. The lowest BCUT2D eigenvalue weighted by molar-refractivity contribution is 0.832. The van der Waals surface area contributed by atoms with Gasteiger partial charge >= 0.3 is 0 Å². The average Bonchev–Trinajstić information content (AvgIpc) is 3.20. The highest BCUT2D eigenvalue weighted by molar-refractivity contribution is 5.99. The van der Waals surface area contributed by atoms with Gasteiger partial charge in [0.15, 0.2) is 0 Å². The van der Waals surface area contributed by atoms with Gasteiger partial charge in [0, 0.05) is 5.56 Å². The lowest BCUT2D eigenvalue weighted by Gasteiger charge is -2.31. The van der Waals surface area contributed by atoms with Crippen molar-refractivity contribution < 1.29 is 0 Å². The van der Waals surface area contributed by atoms with Crippen LogP contribution in [0.2, 0.25) is 0 Å². The Hall–Kier alpha value is -4.08. The van der Waals surface area contributed by atoms with Gasteiger partial charge in [-0.05, 0) is 64.5 Å². The average molecular weight is 437 g/mol. The molecule has 0 nitrogen and oxygen atoms in total. The molecule has 5 rings (SSSR count). The van der Waals surface area contributed by atoms with Crippen LogP contribution in [0.1, 0.15) is 48.1 Å². The molecule has 0 saturated carbocycles. The smallest absolute Gasteiger partial charge is 0.0794 e. The molecule has 0 amide bonds. The van der Waals surface area contributed by atoms with Crippen molar-refractivity contribution in [2.75, 3.05) is 0 Å². The SMILES string of the molecule is C/C=C(/C1=C(CC)c2ccccc2C1(C#Cc1ccccc1)c1ccccc1)c1ccccc1. The van der Waals surface area contributed by atoms with Gasteiger partial charge in [-0.15, -0.1) is 0 Å². The van der Waals surface area contributed by atoms with E-state index in [-0.39, 0.29) is 0 Å². The van der Waals surface area contributed by atoms with Gasteiger partial charge in [-0.3, -0.25) is 0 Å². The summed E-state index contributed by atoms with van der Waals surface area (Å²) in [6.07, 6.45) is 3.20. The van der Waals surface area contributed by atoms with Gasteiger partial charge in [0.05, 0.1) is 0 Å². The Morgan fingerprint density at radius 1 is 0.735 bits per heavy atom. The van der Waals surface area contributed by atoms with Crippen LogP contribution >= 0.6 is 0 Å². The van der Waals surface area contributed by atoms with E-state index in [4.69, 9.17) is 0 Å². The molecular formula is C34H28. The van der Waals surface area contributed by atoms with E-state index in [2.05, 4.69) is 141 Å². The molecule has 0 saturated heterocycles. The van der Waals surface area contributed by atoms with Crippen LogP contribution in [0, 0.1) is 11.8 Å². The predicted molar refractivity (Wildman–Crippen MR) is 144 cm³/mol. The first-order chi connectivity index (χ1) is 16.8. The molecule has 1 aliphatic carbocycles. The molecule has 4 aromatic rings. The molecule has 0 bridgehead atoms. The van der Waals surface area contributed by atoms with Crippen molar-refractivity contribution in [1.29, 1.82) is 0 Å². The third kappa shape index (κ3) is 3.60. The van der Waals surface area contributed by atoms with Crippen LogP contribution in [-0.4, -0.2) is 0 Å². The van der Waals surface area contributed by atoms with Crippen LogP contribution in [0.25, 0.3) is 11.1 Å². The number of hydrogen-bond donors (Lipinski definition) is 0. The fourth-order valence-electron chi connectivity index (χ4n) is 5.25. The van der Waals surface area contributed by atoms with E-state index in [1.54, 1.807) is 0 Å². The Balaban J connectivity index is 1.89. The predicted octanol–water partition coefficient (Wildman–Crippen LogP) is 8.31. The molecule has 0 aromatic heterocycles. The van der Waals surface area contributed by atoms with Crippen molar-refractivity contribution in [1.82, 2.24) is 0 Å². The maximum atomic E-state index is 3.83. The lowest BCUT2D eigenvalue weighted by Crippen LogP contribution is -2.27. The van der Waals surface area contributed by atoms with Crippen molar-refractivity contribution in [3.05, 3.63) is 155 Å². The van der Waals surface area contributed by atoms with Gasteiger partial charge in [-0.25, -0.2) is 0 Å². The highest BCUT2D eigenvalue weighted by Gasteiger charge is 2.46. The van der Waals surface area contributed by atoms with Crippen molar-refractivity contribution in [3.8, 4) is 11.8 Å². The zero-order valence-corrected chi connectivity index (χ0v) is 19.8. The first-order valence-corrected chi connectivity index (χ1v) is 12.0. The summed E-state index contributed by atoms with van der Waals surface area (Å²) in [6.45, 7) is 4.40. The summed E-state index contributed by atoms with van der Waals surface area (Å²) < 4.78 is 0. The van der Waals surface area contributed by atoms with E-state index < -0.39 is 5.41 Å². The first-order valence-electron chi connectivity index (χ1n) is 12.0. The summed E-state index contributed by atoms with van der Waals surface area (Å²) in [6, 6.07) is 40.7. The second-order valence-electron chi connectivity index (χ2n) is 8.55. The molecule has 1 aliphatic rings. The summed E-state index contributed by atoms with van der Waals surface area (Å²) in [5.41, 5.74) is 9.41. The Morgan fingerprint density at radius 2 is 1.32 bits per heavy atom. The van der Waals surface area contributed by atoms with Crippen molar-refractivity contribution in [2.24, 2.45) is 0 Å². The normalized spacial score (nSPS) is 17.2. The zero-order chi connectivity index (χ0) is 23.4. The second-order valence-corrected chi connectivity index (χ2v) is 8.55. The van der Waals surface area contributed by atoms with E-state index in [0.29, 0.717) is 0 Å². The molecule has 0 heterocycles. The third-order valence-electron chi connectivity index (χ3n) is 6.70. The van der Waals surface area contributed by atoms with Gasteiger partial charge in [0.25, 0.3) is 0 Å². The van der Waals surface area contributed by atoms with Gasteiger partial charge in [-0.1, -0.05) is 128 Å². The molecule has 0 aliphatic heterocycles. The fourth-order valence-corrected chi connectivity index (χ4v) is 5.25. The van der Waals surface area contributed by atoms with Gasteiger partial charge in [-0.2, -0.15) is 0 Å². The Bertz CT molecular complexity index is 1410. The van der Waals surface area contributed by atoms with E-state index in [1.165, 1.54) is 39.0 Å². The Labute approximate surface area is 203 Å². The Morgan fingerprint density at radius 3 is 1.97 bits per heavy atom. The number of fused-ring (bicyclic) bond motifs is 1. The van der Waals surface area contributed by atoms with Crippen molar-refractivity contribution in [3.63, 3.8) is 0 Å². The minimum absolute atomic E-state index is 0.559. The maximum Gasteiger partial charge on any atom is 0.108 e. The van der Waals surface area contributed by atoms with Crippen LogP contribution in [0.4, 0.5) is 0 Å². The molecule has 0 radical (unpaired) electrons. The maximum absolute atomic E-state index is 3.83. The summed E-state index contributed by atoms with van der Waals surface area (Å²) in [5.74, 6) is 7.39. The minimum Gasteiger partial charge on any atom is -0.0794 e.